The van der Waals surface area contributed by atoms with Crippen LogP contribution in [0.1, 0.15) is 33.1 Å². The normalized spacial score (nSPS) is 28.8. The Morgan fingerprint density at radius 3 is 2.73 bits per heavy atom. The molecule has 1 aliphatic rings. The van der Waals surface area contributed by atoms with Gasteiger partial charge in [0.25, 0.3) is 0 Å². The van der Waals surface area contributed by atoms with Crippen LogP contribution in [0.4, 0.5) is 0 Å². The molecule has 0 saturated heterocycles. The van der Waals surface area contributed by atoms with Gasteiger partial charge < -0.3 is 5.11 Å². The fraction of sp³-hybridized carbons (Fsp3) is 0.800. The van der Waals surface area contributed by atoms with Crippen LogP contribution in [0.2, 0.25) is 0 Å². The first-order chi connectivity index (χ1) is 5.14. The highest BCUT2D eigenvalue weighted by Crippen LogP contribution is 2.33. The van der Waals surface area contributed by atoms with Crippen LogP contribution < -0.4 is 0 Å². The van der Waals surface area contributed by atoms with Crippen molar-refractivity contribution in [2.45, 2.75) is 33.1 Å². The topological polar surface area (TPSA) is 20.2 Å². The Labute approximate surface area is 69.1 Å². The van der Waals surface area contributed by atoms with Gasteiger partial charge >= 0.3 is 0 Å². The average Bonchev–Trinajstić information content (AvgIpc) is 1.94. The smallest absolute Gasteiger partial charge is 0.0436 e. The largest absolute Gasteiger partial charge is 0.396 e. The average molecular weight is 154 g/mol. The molecular formula is C10H18O. The molecule has 0 fully saturated rings. The fourth-order valence-electron chi connectivity index (χ4n) is 1.54. The standard InChI is InChI=1S/C10H18O/c1-10(2)6-3-9(4-7-10)5-8-11/h3,6,9,11H,4-5,7-8H2,1-2H3. The molecule has 0 spiro atoms. The molecule has 1 unspecified atom stereocenters. The molecule has 1 atom stereocenters. The molecule has 1 heteroatoms. The van der Waals surface area contributed by atoms with Gasteiger partial charge in [0.15, 0.2) is 0 Å². The second-order valence-corrected chi connectivity index (χ2v) is 4.16. The van der Waals surface area contributed by atoms with E-state index < -0.39 is 0 Å². The SMILES string of the molecule is CC1(C)C=CC(CCO)CC1. The third-order valence-corrected chi connectivity index (χ3v) is 2.48. The van der Waals surface area contributed by atoms with Crippen LogP contribution in [0, 0.1) is 11.3 Å². The Morgan fingerprint density at radius 1 is 1.55 bits per heavy atom. The zero-order valence-corrected chi connectivity index (χ0v) is 7.51. The number of rotatable bonds is 2. The first kappa shape index (κ1) is 8.79. The summed E-state index contributed by atoms with van der Waals surface area (Å²) >= 11 is 0. The highest BCUT2D eigenvalue weighted by molar-refractivity contribution is 5.02. The van der Waals surface area contributed by atoms with Crippen LogP contribution in [0.5, 0.6) is 0 Å². The van der Waals surface area contributed by atoms with Crippen molar-refractivity contribution in [2.75, 3.05) is 6.61 Å². The molecule has 11 heavy (non-hydrogen) atoms. The Kier molecular flexibility index (Phi) is 2.72. The molecule has 0 saturated carbocycles. The maximum atomic E-state index is 8.71. The summed E-state index contributed by atoms with van der Waals surface area (Å²) in [6.45, 7) is 4.85. The predicted molar refractivity (Wildman–Crippen MR) is 47.3 cm³/mol. The molecule has 0 radical (unpaired) electrons. The number of hydrogen-bond donors (Lipinski definition) is 1. The van der Waals surface area contributed by atoms with Gasteiger partial charge in [-0.2, -0.15) is 0 Å². The zero-order valence-electron chi connectivity index (χ0n) is 7.51. The summed E-state index contributed by atoms with van der Waals surface area (Å²) in [6, 6.07) is 0. The van der Waals surface area contributed by atoms with E-state index in [0.29, 0.717) is 17.9 Å². The summed E-state index contributed by atoms with van der Waals surface area (Å²) in [7, 11) is 0. The van der Waals surface area contributed by atoms with Gasteiger partial charge in [0, 0.05) is 6.61 Å². The molecule has 0 heterocycles. The van der Waals surface area contributed by atoms with Gasteiger partial charge in [-0.15, -0.1) is 0 Å². The van der Waals surface area contributed by atoms with E-state index in [2.05, 4.69) is 26.0 Å². The van der Waals surface area contributed by atoms with Crippen LogP contribution >= 0.6 is 0 Å². The van der Waals surface area contributed by atoms with E-state index in [0.717, 1.165) is 6.42 Å². The summed E-state index contributed by atoms with van der Waals surface area (Å²) < 4.78 is 0. The Hall–Kier alpha value is -0.300. The Balaban J connectivity index is 2.43. The molecule has 0 aromatic rings. The molecular weight excluding hydrogens is 136 g/mol. The van der Waals surface area contributed by atoms with Gasteiger partial charge in [0.2, 0.25) is 0 Å². The summed E-state index contributed by atoms with van der Waals surface area (Å²) in [5, 5.41) is 8.71. The van der Waals surface area contributed by atoms with Crippen LogP contribution in [-0.2, 0) is 0 Å². The summed E-state index contributed by atoms with van der Waals surface area (Å²) in [5.41, 5.74) is 0.395. The molecule has 1 nitrogen and oxygen atoms in total. The monoisotopic (exact) mass is 154 g/mol. The molecule has 0 aliphatic heterocycles. The van der Waals surface area contributed by atoms with Crippen molar-refractivity contribution in [1.29, 1.82) is 0 Å². The lowest BCUT2D eigenvalue weighted by Gasteiger charge is -2.28. The van der Waals surface area contributed by atoms with Crippen molar-refractivity contribution in [3.05, 3.63) is 12.2 Å². The molecule has 0 aromatic carbocycles. The van der Waals surface area contributed by atoms with Gasteiger partial charge in [-0.25, -0.2) is 0 Å². The first-order valence-electron chi connectivity index (χ1n) is 4.44. The minimum atomic E-state index is 0.329. The van der Waals surface area contributed by atoms with Gasteiger partial charge in [-0.05, 0) is 30.6 Å². The molecule has 1 aliphatic carbocycles. The number of aliphatic hydroxyl groups excluding tert-OH is 1. The van der Waals surface area contributed by atoms with E-state index in [4.69, 9.17) is 5.11 Å². The van der Waals surface area contributed by atoms with Crippen LogP contribution in [0.15, 0.2) is 12.2 Å². The van der Waals surface area contributed by atoms with Crippen molar-refractivity contribution in [3.8, 4) is 0 Å². The van der Waals surface area contributed by atoms with Gasteiger partial charge in [-0.1, -0.05) is 26.0 Å². The quantitative estimate of drug-likeness (QED) is 0.605. The maximum absolute atomic E-state index is 8.71. The third kappa shape index (κ3) is 2.66. The van der Waals surface area contributed by atoms with E-state index in [1.165, 1.54) is 12.8 Å². The Morgan fingerprint density at radius 2 is 2.27 bits per heavy atom. The summed E-state index contributed by atoms with van der Waals surface area (Å²) in [4.78, 5) is 0. The van der Waals surface area contributed by atoms with Crippen LogP contribution in [0.25, 0.3) is 0 Å². The maximum Gasteiger partial charge on any atom is 0.0436 e. The molecule has 0 aromatic heterocycles. The summed E-state index contributed by atoms with van der Waals surface area (Å²) in [6.07, 6.45) is 7.99. The van der Waals surface area contributed by atoms with Crippen molar-refractivity contribution in [1.82, 2.24) is 0 Å². The van der Waals surface area contributed by atoms with Gasteiger partial charge in [0.1, 0.15) is 0 Å². The lowest BCUT2D eigenvalue weighted by molar-refractivity contribution is 0.251. The minimum Gasteiger partial charge on any atom is -0.396 e. The first-order valence-corrected chi connectivity index (χ1v) is 4.44. The highest BCUT2D eigenvalue weighted by atomic mass is 16.3. The number of aliphatic hydroxyl groups is 1. The van der Waals surface area contributed by atoms with Gasteiger partial charge in [-0.3, -0.25) is 0 Å². The molecule has 1 rings (SSSR count). The molecule has 1 N–H and O–H groups in total. The highest BCUT2D eigenvalue weighted by Gasteiger charge is 2.20. The Bertz CT molecular complexity index is 147. The van der Waals surface area contributed by atoms with E-state index >= 15 is 0 Å². The van der Waals surface area contributed by atoms with E-state index in [1.54, 1.807) is 0 Å². The minimum absolute atomic E-state index is 0.329. The summed E-state index contributed by atoms with van der Waals surface area (Å²) in [5.74, 6) is 0.632. The van der Waals surface area contributed by atoms with E-state index in [-0.39, 0.29) is 0 Å². The second kappa shape index (κ2) is 3.40. The lowest BCUT2D eigenvalue weighted by Crippen LogP contribution is -2.16. The van der Waals surface area contributed by atoms with Crippen LogP contribution in [0.3, 0.4) is 0 Å². The molecule has 0 bridgehead atoms. The van der Waals surface area contributed by atoms with Crippen molar-refractivity contribution >= 4 is 0 Å². The lowest BCUT2D eigenvalue weighted by atomic mass is 9.78. The van der Waals surface area contributed by atoms with Crippen molar-refractivity contribution in [2.24, 2.45) is 11.3 Å². The van der Waals surface area contributed by atoms with E-state index in [9.17, 15) is 0 Å². The van der Waals surface area contributed by atoms with Crippen molar-refractivity contribution < 1.29 is 5.11 Å². The zero-order chi connectivity index (χ0) is 8.32. The predicted octanol–water partition coefficient (Wildman–Crippen LogP) is 2.36. The molecule has 0 amide bonds. The fourth-order valence-corrected chi connectivity index (χ4v) is 1.54. The van der Waals surface area contributed by atoms with Crippen molar-refractivity contribution in [3.63, 3.8) is 0 Å². The molecule has 64 valence electrons. The van der Waals surface area contributed by atoms with E-state index in [1.807, 2.05) is 0 Å². The third-order valence-electron chi connectivity index (χ3n) is 2.48. The van der Waals surface area contributed by atoms with Gasteiger partial charge in [0.05, 0.1) is 0 Å². The number of allylic oxidation sites excluding steroid dienone is 2. The number of hydrogen-bond acceptors (Lipinski definition) is 1. The van der Waals surface area contributed by atoms with Crippen LogP contribution in [-0.4, -0.2) is 11.7 Å². The second-order valence-electron chi connectivity index (χ2n) is 4.16.